The summed E-state index contributed by atoms with van der Waals surface area (Å²) >= 11 is 5.88. The summed E-state index contributed by atoms with van der Waals surface area (Å²) in [7, 11) is 0. The zero-order chi connectivity index (χ0) is 19.5. The van der Waals surface area contributed by atoms with E-state index >= 15 is 0 Å². The summed E-state index contributed by atoms with van der Waals surface area (Å²) in [5.41, 5.74) is 1.73. The quantitative estimate of drug-likeness (QED) is 0.675. The molecule has 2 aromatic carbocycles. The van der Waals surface area contributed by atoms with Crippen LogP contribution < -0.4 is 0 Å². The van der Waals surface area contributed by atoms with E-state index in [0.717, 1.165) is 0 Å². The lowest BCUT2D eigenvalue weighted by Gasteiger charge is -2.35. The van der Waals surface area contributed by atoms with Crippen LogP contribution in [0.3, 0.4) is 0 Å². The maximum absolute atomic E-state index is 13.0. The zero-order valence-corrected chi connectivity index (χ0v) is 15.7. The molecule has 0 atom stereocenters. The molecule has 2 heterocycles. The van der Waals surface area contributed by atoms with E-state index in [2.05, 4.69) is 15.5 Å². The van der Waals surface area contributed by atoms with Crippen molar-refractivity contribution in [3.63, 3.8) is 0 Å². The van der Waals surface area contributed by atoms with E-state index in [-0.39, 0.29) is 11.8 Å². The molecule has 0 unspecified atom stereocenters. The van der Waals surface area contributed by atoms with Crippen molar-refractivity contribution in [2.45, 2.75) is 0 Å². The molecule has 4 rings (SSSR count). The molecule has 0 spiro atoms. The van der Waals surface area contributed by atoms with Crippen LogP contribution in [0.25, 0.3) is 5.69 Å². The van der Waals surface area contributed by atoms with Crippen LogP contribution in [-0.4, -0.2) is 68.0 Å². The fourth-order valence-electron chi connectivity index (χ4n) is 3.18. The minimum absolute atomic E-state index is 0.0575. The number of hydrogen-bond acceptors (Lipinski definition) is 5. The second kappa shape index (κ2) is 7.77. The predicted molar refractivity (Wildman–Crippen MR) is 102 cm³/mol. The van der Waals surface area contributed by atoms with Crippen LogP contribution in [0.4, 0.5) is 0 Å². The molecule has 142 valence electrons. The molecule has 0 radical (unpaired) electrons. The molecule has 1 saturated heterocycles. The van der Waals surface area contributed by atoms with Crippen molar-refractivity contribution in [1.29, 1.82) is 0 Å². The van der Waals surface area contributed by atoms with Crippen molar-refractivity contribution in [3.8, 4) is 5.69 Å². The number of aromatic nitrogens is 4. The maximum Gasteiger partial charge on any atom is 0.256 e. The summed E-state index contributed by atoms with van der Waals surface area (Å²) in [6, 6.07) is 14.0. The maximum atomic E-state index is 13.0. The van der Waals surface area contributed by atoms with Crippen molar-refractivity contribution in [2.75, 3.05) is 26.2 Å². The van der Waals surface area contributed by atoms with E-state index in [0.29, 0.717) is 48.0 Å². The van der Waals surface area contributed by atoms with Gasteiger partial charge in [-0.2, -0.15) is 4.68 Å². The van der Waals surface area contributed by atoms with Crippen LogP contribution in [0.15, 0.2) is 54.9 Å². The fourth-order valence-corrected chi connectivity index (χ4v) is 3.31. The van der Waals surface area contributed by atoms with E-state index in [9.17, 15) is 9.59 Å². The Morgan fingerprint density at radius 1 is 0.857 bits per heavy atom. The van der Waals surface area contributed by atoms with E-state index in [1.54, 1.807) is 52.3 Å². The minimum Gasteiger partial charge on any atom is -0.335 e. The number of hydrogen-bond donors (Lipinski definition) is 0. The average Bonchev–Trinajstić information content (AvgIpc) is 3.28. The molecule has 3 aromatic rings. The Kier molecular flexibility index (Phi) is 5.03. The van der Waals surface area contributed by atoms with Gasteiger partial charge >= 0.3 is 0 Å². The Labute approximate surface area is 166 Å². The number of halogens is 1. The average molecular weight is 397 g/mol. The first-order valence-electron chi connectivity index (χ1n) is 8.80. The first-order chi connectivity index (χ1) is 13.6. The smallest absolute Gasteiger partial charge is 0.256 e. The van der Waals surface area contributed by atoms with Gasteiger partial charge in [-0.15, -0.1) is 5.10 Å². The molecule has 0 N–H and O–H groups in total. The van der Waals surface area contributed by atoms with Gasteiger partial charge in [0.15, 0.2) is 0 Å². The lowest BCUT2D eigenvalue weighted by molar-refractivity contribution is 0.0535. The number of rotatable bonds is 3. The highest BCUT2D eigenvalue weighted by Gasteiger charge is 2.27. The number of para-hydroxylation sites is 1. The summed E-state index contributed by atoms with van der Waals surface area (Å²) in [4.78, 5) is 29.1. The number of amides is 2. The van der Waals surface area contributed by atoms with Gasteiger partial charge in [0.05, 0.1) is 11.3 Å². The van der Waals surface area contributed by atoms with Crippen LogP contribution in [0.2, 0.25) is 5.02 Å². The Hall–Kier alpha value is -3.26. The molecule has 0 saturated carbocycles. The number of carbonyl (C=O) groups excluding carboxylic acids is 2. The van der Waals surface area contributed by atoms with Crippen LogP contribution in [-0.2, 0) is 0 Å². The van der Waals surface area contributed by atoms with Crippen LogP contribution in [0, 0.1) is 0 Å². The Morgan fingerprint density at radius 2 is 1.50 bits per heavy atom. The first kappa shape index (κ1) is 18.1. The number of benzene rings is 2. The van der Waals surface area contributed by atoms with Crippen molar-refractivity contribution in [2.24, 2.45) is 0 Å². The number of piperazine rings is 1. The molecular formula is C19H17ClN6O2. The van der Waals surface area contributed by atoms with Gasteiger partial charge in [-0.05, 0) is 46.8 Å². The summed E-state index contributed by atoms with van der Waals surface area (Å²) in [5.74, 6) is -0.164. The van der Waals surface area contributed by atoms with Gasteiger partial charge in [0, 0.05) is 36.8 Å². The molecule has 8 nitrogen and oxygen atoms in total. The van der Waals surface area contributed by atoms with Gasteiger partial charge in [0.1, 0.15) is 6.33 Å². The largest absolute Gasteiger partial charge is 0.335 e. The number of carbonyl (C=O) groups is 2. The molecule has 1 fully saturated rings. The summed E-state index contributed by atoms with van der Waals surface area (Å²) in [6.45, 7) is 1.87. The van der Waals surface area contributed by atoms with Gasteiger partial charge in [0.2, 0.25) is 0 Å². The fraction of sp³-hybridized carbons (Fsp3) is 0.211. The topological polar surface area (TPSA) is 84.2 Å². The van der Waals surface area contributed by atoms with Gasteiger partial charge in [-0.3, -0.25) is 9.59 Å². The Morgan fingerprint density at radius 3 is 2.14 bits per heavy atom. The zero-order valence-electron chi connectivity index (χ0n) is 14.9. The molecule has 0 aliphatic carbocycles. The third-order valence-corrected chi connectivity index (χ3v) is 4.93. The van der Waals surface area contributed by atoms with Crippen molar-refractivity contribution >= 4 is 23.4 Å². The number of tetrazole rings is 1. The minimum atomic E-state index is -0.107. The van der Waals surface area contributed by atoms with E-state index in [1.807, 2.05) is 6.07 Å². The molecule has 9 heteroatoms. The van der Waals surface area contributed by atoms with Crippen LogP contribution >= 0.6 is 11.6 Å². The summed E-state index contributed by atoms with van der Waals surface area (Å²) < 4.78 is 1.47. The van der Waals surface area contributed by atoms with E-state index in [4.69, 9.17) is 11.6 Å². The SMILES string of the molecule is O=C(c1ccc(Cl)cc1)N1CCN(C(=O)c2ccccc2-n2cnnn2)CC1. The van der Waals surface area contributed by atoms with Gasteiger partial charge in [-0.1, -0.05) is 23.7 Å². The molecule has 1 aliphatic heterocycles. The third-order valence-electron chi connectivity index (χ3n) is 4.68. The van der Waals surface area contributed by atoms with Crippen molar-refractivity contribution in [1.82, 2.24) is 30.0 Å². The Balaban J connectivity index is 1.45. The molecule has 1 aromatic heterocycles. The van der Waals surface area contributed by atoms with Gasteiger partial charge < -0.3 is 9.80 Å². The second-order valence-corrected chi connectivity index (χ2v) is 6.80. The van der Waals surface area contributed by atoms with Crippen molar-refractivity contribution < 1.29 is 9.59 Å². The van der Waals surface area contributed by atoms with Crippen LogP contribution in [0.1, 0.15) is 20.7 Å². The lowest BCUT2D eigenvalue weighted by atomic mass is 10.1. The van der Waals surface area contributed by atoms with E-state index < -0.39 is 0 Å². The lowest BCUT2D eigenvalue weighted by Crippen LogP contribution is -2.50. The summed E-state index contributed by atoms with van der Waals surface area (Å²) in [5, 5.41) is 11.7. The second-order valence-electron chi connectivity index (χ2n) is 6.36. The molecule has 28 heavy (non-hydrogen) atoms. The normalized spacial score (nSPS) is 14.2. The monoisotopic (exact) mass is 396 g/mol. The van der Waals surface area contributed by atoms with E-state index in [1.165, 1.54) is 11.0 Å². The molecule has 0 bridgehead atoms. The van der Waals surface area contributed by atoms with Crippen LogP contribution in [0.5, 0.6) is 0 Å². The third kappa shape index (κ3) is 3.59. The Bertz CT molecular complexity index is 982. The highest BCUT2D eigenvalue weighted by molar-refractivity contribution is 6.30. The van der Waals surface area contributed by atoms with Gasteiger partial charge in [-0.25, -0.2) is 0 Å². The number of nitrogens with zero attached hydrogens (tertiary/aromatic N) is 6. The van der Waals surface area contributed by atoms with Crippen molar-refractivity contribution in [3.05, 3.63) is 71.0 Å². The molecular weight excluding hydrogens is 380 g/mol. The molecule has 1 aliphatic rings. The highest BCUT2D eigenvalue weighted by atomic mass is 35.5. The standard InChI is InChI=1S/C19H17ClN6O2/c20-15-7-5-14(6-8-15)18(27)24-9-11-25(12-10-24)19(28)16-3-1-2-4-17(16)26-13-21-22-23-26/h1-8,13H,9-12H2. The molecule has 2 amide bonds. The predicted octanol–water partition coefficient (Wildman–Crippen LogP) is 1.91. The summed E-state index contributed by atoms with van der Waals surface area (Å²) in [6.07, 6.45) is 1.45. The van der Waals surface area contributed by atoms with Gasteiger partial charge in [0.25, 0.3) is 11.8 Å². The first-order valence-corrected chi connectivity index (χ1v) is 9.18. The highest BCUT2D eigenvalue weighted by Crippen LogP contribution is 2.18.